The molecule has 0 fully saturated rings. The van der Waals surface area contributed by atoms with Gasteiger partial charge < -0.3 is 10.3 Å². The van der Waals surface area contributed by atoms with Crippen LogP contribution >= 0.6 is 15.9 Å². The Hall–Kier alpha value is -2.22. The van der Waals surface area contributed by atoms with Crippen LogP contribution in [0.4, 0.5) is 10.2 Å². The van der Waals surface area contributed by atoms with Crippen LogP contribution in [0.15, 0.2) is 33.3 Å². The maximum atomic E-state index is 13.1. The summed E-state index contributed by atoms with van der Waals surface area (Å²) in [6, 6.07) is 6.04. The molecule has 0 radical (unpaired) electrons. The van der Waals surface area contributed by atoms with Gasteiger partial charge in [0.25, 0.3) is 5.89 Å². The predicted octanol–water partition coefficient (Wildman–Crippen LogP) is 2.61. The summed E-state index contributed by atoms with van der Waals surface area (Å²) in [5, 5.41) is 10.3. The molecule has 96 valence electrons. The van der Waals surface area contributed by atoms with Gasteiger partial charge in [-0.3, -0.25) is 5.10 Å². The highest BCUT2D eigenvalue weighted by Crippen LogP contribution is 2.25. The molecule has 3 rings (SSSR count). The molecule has 3 aromatic rings. The molecule has 1 aromatic carbocycles. The molecular weight excluding hydrogens is 317 g/mol. The fourth-order valence-corrected chi connectivity index (χ4v) is 1.91. The zero-order valence-electron chi connectivity index (χ0n) is 9.39. The lowest BCUT2D eigenvalue weighted by molar-refractivity contribution is 0.431. The highest BCUT2D eigenvalue weighted by molar-refractivity contribution is 9.10. The lowest BCUT2D eigenvalue weighted by Crippen LogP contribution is -1.84. The summed E-state index contributed by atoms with van der Waals surface area (Å²) in [5.41, 5.74) is 6.65. The number of nitrogens with zero attached hydrogens (tertiary/aromatic N) is 3. The van der Waals surface area contributed by atoms with Gasteiger partial charge in [-0.2, -0.15) is 10.1 Å². The van der Waals surface area contributed by atoms with E-state index >= 15 is 0 Å². The molecule has 0 spiro atoms. The summed E-state index contributed by atoms with van der Waals surface area (Å²) in [6.07, 6.45) is 0. The zero-order valence-corrected chi connectivity index (χ0v) is 11.0. The number of nitrogen functional groups attached to an aromatic ring is 1. The second-order valence-corrected chi connectivity index (χ2v) is 4.61. The quantitative estimate of drug-likeness (QED) is 0.756. The average Bonchev–Trinajstić information content (AvgIpc) is 3.01. The minimum absolute atomic E-state index is 0.264. The first-order valence-corrected chi connectivity index (χ1v) is 6.03. The number of H-pyrrole nitrogens is 1. The van der Waals surface area contributed by atoms with Crippen molar-refractivity contribution >= 4 is 21.7 Å². The summed E-state index contributed by atoms with van der Waals surface area (Å²) in [4.78, 5) is 4.19. The standard InChI is InChI=1S/C11H7BrFN5O/c12-6-3-5(1-2-7(6)13)10-15-11(19-18-10)8-4-9(14)17-16-8/h1-4H,(H3,14,16,17). The van der Waals surface area contributed by atoms with Gasteiger partial charge >= 0.3 is 0 Å². The first kappa shape index (κ1) is 11.8. The minimum atomic E-state index is -0.353. The number of aromatic nitrogens is 4. The third-order valence-corrected chi connectivity index (χ3v) is 3.04. The van der Waals surface area contributed by atoms with Crippen LogP contribution in [0.2, 0.25) is 0 Å². The van der Waals surface area contributed by atoms with Crippen molar-refractivity contribution < 1.29 is 8.91 Å². The van der Waals surface area contributed by atoms with E-state index in [1.54, 1.807) is 18.2 Å². The normalized spacial score (nSPS) is 10.8. The Morgan fingerprint density at radius 1 is 1.32 bits per heavy atom. The third-order valence-electron chi connectivity index (χ3n) is 2.43. The molecule has 0 unspecified atom stereocenters. The molecule has 6 nitrogen and oxygen atoms in total. The molecule has 0 aliphatic heterocycles. The van der Waals surface area contributed by atoms with Gasteiger partial charge in [0.1, 0.15) is 17.3 Å². The van der Waals surface area contributed by atoms with Gasteiger partial charge in [-0.15, -0.1) is 0 Å². The molecule has 0 bridgehead atoms. The molecule has 8 heteroatoms. The van der Waals surface area contributed by atoms with Gasteiger partial charge in [0.15, 0.2) is 0 Å². The summed E-state index contributed by atoms with van der Waals surface area (Å²) in [5.74, 6) is 0.594. The third kappa shape index (κ3) is 2.22. The summed E-state index contributed by atoms with van der Waals surface area (Å²) in [7, 11) is 0. The van der Waals surface area contributed by atoms with Crippen LogP contribution in [0.5, 0.6) is 0 Å². The number of halogens is 2. The molecule has 2 heterocycles. The van der Waals surface area contributed by atoms with Gasteiger partial charge in [0, 0.05) is 11.6 Å². The van der Waals surface area contributed by atoms with Crippen LogP contribution in [-0.2, 0) is 0 Å². The molecule has 0 saturated carbocycles. The van der Waals surface area contributed by atoms with E-state index in [-0.39, 0.29) is 11.7 Å². The van der Waals surface area contributed by atoms with E-state index in [9.17, 15) is 4.39 Å². The van der Waals surface area contributed by atoms with E-state index in [0.29, 0.717) is 27.4 Å². The minimum Gasteiger partial charge on any atom is -0.382 e. The van der Waals surface area contributed by atoms with E-state index in [0.717, 1.165) is 0 Å². The lowest BCUT2D eigenvalue weighted by Gasteiger charge is -1.96. The molecule has 0 aliphatic carbocycles. The van der Waals surface area contributed by atoms with Crippen LogP contribution in [0.3, 0.4) is 0 Å². The maximum Gasteiger partial charge on any atom is 0.276 e. The number of aromatic amines is 1. The molecule has 2 aromatic heterocycles. The first-order valence-electron chi connectivity index (χ1n) is 5.24. The average molecular weight is 324 g/mol. The fourth-order valence-electron chi connectivity index (χ4n) is 1.53. The van der Waals surface area contributed by atoms with E-state index in [2.05, 4.69) is 36.3 Å². The van der Waals surface area contributed by atoms with E-state index < -0.39 is 0 Å². The van der Waals surface area contributed by atoms with Gasteiger partial charge in [-0.25, -0.2) is 4.39 Å². The largest absolute Gasteiger partial charge is 0.382 e. The smallest absolute Gasteiger partial charge is 0.276 e. The van der Waals surface area contributed by atoms with Crippen molar-refractivity contribution in [1.82, 2.24) is 20.3 Å². The molecule has 0 saturated heterocycles. The van der Waals surface area contributed by atoms with Gasteiger partial charge in [-0.05, 0) is 34.1 Å². The Morgan fingerprint density at radius 2 is 2.16 bits per heavy atom. The Balaban J connectivity index is 1.98. The van der Waals surface area contributed by atoms with Crippen LogP contribution in [-0.4, -0.2) is 20.3 Å². The monoisotopic (exact) mass is 323 g/mol. The summed E-state index contributed by atoms with van der Waals surface area (Å²) < 4.78 is 18.6. The highest BCUT2D eigenvalue weighted by Gasteiger charge is 2.13. The number of hydrogen-bond acceptors (Lipinski definition) is 5. The van der Waals surface area contributed by atoms with Crippen LogP contribution in [0, 0.1) is 5.82 Å². The molecule has 3 N–H and O–H groups in total. The van der Waals surface area contributed by atoms with Crippen LogP contribution < -0.4 is 5.73 Å². The van der Waals surface area contributed by atoms with E-state index in [4.69, 9.17) is 10.3 Å². The number of hydrogen-bond donors (Lipinski definition) is 2. The van der Waals surface area contributed by atoms with Crippen LogP contribution in [0.1, 0.15) is 0 Å². The molecule has 0 aliphatic rings. The van der Waals surface area contributed by atoms with Crippen molar-refractivity contribution in [2.24, 2.45) is 0 Å². The number of benzene rings is 1. The molecule has 0 atom stereocenters. The Bertz CT molecular complexity index is 738. The van der Waals surface area contributed by atoms with Crippen molar-refractivity contribution in [3.05, 3.63) is 34.6 Å². The second kappa shape index (κ2) is 4.47. The van der Waals surface area contributed by atoms with Crippen molar-refractivity contribution in [2.75, 3.05) is 5.73 Å². The van der Waals surface area contributed by atoms with Gasteiger partial charge in [0.2, 0.25) is 5.82 Å². The number of rotatable bonds is 2. The predicted molar refractivity (Wildman–Crippen MR) is 69.4 cm³/mol. The topological polar surface area (TPSA) is 93.6 Å². The second-order valence-electron chi connectivity index (χ2n) is 3.76. The van der Waals surface area contributed by atoms with Crippen LogP contribution in [0.25, 0.3) is 23.0 Å². The summed E-state index contributed by atoms with van der Waals surface area (Å²) in [6.45, 7) is 0. The van der Waals surface area contributed by atoms with Crippen molar-refractivity contribution in [2.45, 2.75) is 0 Å². The first-order chi connectivity index (χ1) is 9.13. The van der Waals surface area contributed by atoms with E-state index in [1.807, 2.05) is 0 Å². The van der Waals surface area contributed by atoms with Gasteiger partial charge in [-0.1, -0.05) is 5.16 Å². The highest BCUT2D eigenvalue weighted by atomic mass is 79.9. The molecule has 19 heavy (non-hydrogen) atoms. The Labute approximate surface area is 115 Å². The molecule has 0 amide bonds. The number of anilines is 1. The maximum absolute atomic E-state index is 13.1. The Morgan fingerprint density at radius 3 is 2.84 bits per heavy atom. The lowest BCUT2D eigenvalue weighted by atomic mass is 10.2. The zero-order chi connectivity index (χ0) is 13.4. The van der Waals surface area contributed by atoms with Crippen molar-refractivity contribution in [1.29, 1.82) is 0 Å². The molecular formula is C11H7BrFN5O. The van der Waals surface area contributed by atoms with Crippen molar-refractivity contribution in [3.8, 4) is 23.0 Å². The van der Waals surface area contributed by atoms with Crippen molar-refractivity contribution in [3.63, 3.8) is 0 Å². The summed E-state index contributed by atoms with van der Waals surface area (Å²) >= 11 is 3.10. The fraction of sp³-hybridized carbons (Fsp3) is 0. The van der Waals surface area contributed by atoms with Gasteiger partial charge in [0.05, 0.1) is 4.47 Å². The Kier molecular flexibility index (Phi) is 2.79. The van der Waals surface area contributed by atoms with E-state index in [1.165, 1.54) is 6.07 Å². The number of nitrogens with two attached hydrogens (primary N) is 1. The SMILES string of the molecule is Nc1cc(-c2nc(-c3ccc(F)c(Br)c3)no2)[nH]n1. The number of nitrogens with one attached hydrogen (secondary N) is 1.